The maximum Gasteiger partial charge on any atom is 0.412 e. The minimum absolute atomic E-state index is 0.116. The fraction of sp³-hybridized carbons (Fsp3) is 0.375. The Hall–Kier alpha value is -2.48. The van der Waals surface area contributed by atoms with Crippen molar-refractivity contribution in [3.05, 3.63) is 47.8 Å². The zero-order valence-corrected chi connectivity index (χ0v) is 13.2. The number of alkyl halides is 2. The lowest BCUT2D eigenvalue weighted by atomic mass is 10.2. The normalized spacial score (nSPS) is 10.8. The molecule has 6 nitrogen and oxygen atoms in total. The summed E-state index contributed by atoms with van der Waals surface area (Å²) in [6.45, 7) is -0.103. The third-order valence-electron chi connectivity index (χ3n) is 3.25. The van der Waals surface area contributed by atoms with Crippen molar-refractivity contribution in [2.45, 2.75) is 26.0 Å². The molecule has 0 bridgehead atoms. The highest BCUT2D eigenvalue weighted by atomic mass is 19.3. The number of ether oxygens (including phenoxy) is 2. The molecule has 1 N–H and O–H groups in total. The summed E-state index contributed by atoms with van der Waals surface area (Å²) in [5.74, 6) is 0. The molecule has 0 aliphatic heterocycles. The number of anilines is 1. The summed E-state index contributed by atoms with van der Waals surface area (Å²) >= 11 is 0. The van der Waals surface area contributed by atoms with E-state index in [-0.39, 0.29) is 6.61 Å². The standard InChI is InChI=1S/C16H19F2N3O3/c1-23-8-7-14-13(9-19-21(14)10-15(17)18)20-16(22)24-11-12-5-3-2-4-6-12/h2-6,9,15H,7-8,10-11H2,1H3,(H,20,22). The summed E-state index contributed by atoms with van der Waals surface area (Å²) in [6.07, 6.45) is -1.53. The number of amides is 1. The van der Waals surface area contributed by atoms with E-state index in [1.165, 1.54) is 13.3 Å². The highest BCUT2D eigenvalue weighted by molar-refractivity contribution is 5.85. The molecule has 2 aromatic rings. The van der Waals surface area contributed by atoms with Crippen molar-refractivity contribution in [2.24, 2.45) is 0 Å². The maximum atomic E-state index is 12.6. The van der Waals surface area contributed by atoms with Crippen LogP contribution in [0.15, 0.2) is 36.5 Å². The van der Waals surface area contributed by atoms with Gasteiger partial charge >= 0.3 is 6.09 Å². The molecule has 130 valence electrons. The lowest BCUT2D eigenvalue weighted by molar-refractivity contribution is 0.119. The molecule has 1 heterocycles. The maximum absolute atomic E-state index is 12.6. The summed E-state index contributed by atoms with van der Waals surface area (Å²) in [5, 5.41) is 6.43. The van der Waals surface area contributed by atoms with Gasteiger partial charge in [-0.25, -0.2) is 13.6 Å². The first kappa shape index (κ1) is 17.9. The molecule has 0 radical (unpaired) electrons. The average Bonchev–Trinajstić information content (AvgIpc) is 2.93. The highest BCUT2D eigenvalue weighted by Gasteiger charge is 2.16. The molecule has 2 rings (SSSR count). The molecule has 0 fully saturated rings. The van der Waals surface area contributed by atoms with Crippen LogP contribution < -0.4 is 5.32 Å². The predicted molar refractivity (Wildman–Crippen MR) is 84.1 cm³/mol. The van der Waals surface area contributed by atoms with E-state index in [0.717, 1.165) is 10.2 Å². The molecule has 0 spiro atoms. The Kier molecular flexibility index (Phi) is 6.68. The molecule has 8 heteroatoms. The van der Waals surface area contributed by atoms with Crippen LogP contribution in [-0.2, 0) is 29.0 Å². The first-order valence-electron chi connectivity index (χ1n) is 7.39. The summed E-state index contributed by atoms with van der Waals surface area (Å²) in [7, 11) is 1.51. The lowest BCUT2D eigenvalue weighted by Gasteiger charge is -2.10. The van der Waals surface area contributed by atoms with Gasteiger partial charge in [-0.2, -0.15) is 5.10 Å². The van der Waals surface area contributed by atoms with Crippen molar-refractivity contribution >= 4 is 11.8 Å². The lowest BCUT2D eigenvalue weighted by Crippen LogP contribution is -2.17. The Balaban J connectivity index is 1.99. The zero-order chi connectivity index (χ0) is 17.4. The minimum atomic E-state index is -2.54. The monoisotopic (exact) mass is 339 g/mol. The number of nitrogens with one attached hydrogen (secondary N) is 1. The van der Waals surface area contributed by atoms with Gasteiger partial charge in [0.05, 0.1) is 24.2 Å². The molecule has 24 heavy (non-hydrogen) atoms. The van der Waals surface area contributed by atoms with Gasteiger partial charge in [0.25, 0.3) is 6.43 Å². The first-order chi connectivity index (χ1) is 11.6. The van der Waals surface area contributed by atoms with Crippen LogP contribution in [0.2, 0.25) is 0 Å². The average molecular weight is 339 g/mol. The number of carbonyl (C=O) groups is 1. The summed E-state index contributed by atoms with van der Waals surface area (Å²) in [5.41, 5.74) is 1.65. The van der Waals surface area contributed by atoms with Crippen molar-refractivity contribution in [1.82, 2.24) is 9.78 Å². The van der Waals surface area contributed by atoms with Crippen molar-refractivity contribution in [3.63, 3.8) is 0 Å². The van der Waals surface area contributed by atoms with E-state index in [4.69, 9.17) is 9.47 Å². The van der Waals surface area contributed by atoms with Gasteiger partial charge in [-0.1, -0.05) is 30.3 Å². The van der Waals surface area contributed by atoms with E-state index < -0.39 is 19.1 Å². The Bertz CT molecular complexity index is 647. The van der Waals surface area contributed by atoms with Gasteiger partial charge < -0.3 is 9.47 Å². The van der Waals surface area contributed by atoms with Crippen LogP contribution in [0.4, 0.5) is 19.3 Å². The van der Waals surface area contributed by atoms with Crippen LogP contribution in [0.1, 0.15) is 11.3 Å². The second-order valence-corrected chi connectivity index (χ2v) is 5.01. The SMILES string of the molecule is COCCc1c(NC(=O)OCc2ccccc2)cnn1CC(F)F. The number of methoxy groups -OCH3 is 1. The number of nitrogens with zero attached hydrogens (tertiary/aromatic N) is 2. The zero-order valence-electron chi connectivity index (χ0n) is 13.2. The van der Waals surface area contributed by atoms with E-state index >= 15 is 0 Å². The fourth-order valence-corrected chi connectivity index (χ4v) is 2.13. The van der Waals surface area contributed by atoms with E-state index in [9.17, 15) is 13.6 Å². The number of halogens is 2. The van der Waals surface area contributed by atoms with E-state index in [2.05, 4.69) is 10.4 Å². The molecule has 0 aliphatic carbocycles. The van der Waals surface area contributed by atoms with Crippen LogP contribution in [0.5, 0.6) is 0 Å². The van der Waals surface area contributed by atoms with Crippen molar-refractivity contribution in [1.29, 1.82) is 0 Å². The molecule has 1 amide bonds. The van der Waals surface area contributed by atoms with Crippen molar-refractivity contribution in [3.8, 4) is 0 Å². The highest BCUT2D eigenvalue weighted by Crippen LogP contribution is 2.18. The molecular formula is C16H19F2N3O3. The molecule has 0 saturated carbocycles. The van der Waals surface area contributed by atoms with Gasteiger partial charge in [0, 0.05) is 13.5 Å². The molecule has 1 aromatic carbocycles. The number of aromatic nitrogens is 2. The molecule has 1 aromatic heterocycles. The predicted octanol–water partition coefficient (Wildman–Crippen LogP) is 3.09. The van der Waals surface area contributed by atoms with Crippen LogP contribution >= 0.6 is 0 Å². The third-order valence-corrected chi connectivity index (χ3v) is 3.25. The van der Waals surface area contributed by atoms with Gasteiger partial charge in [0.1, 0.15) is 13.2 Å². The molecule has 0 atom stereocenters. The molecular weight excluding hydrogens is 320 g/mol. The fourth-order valence-electron chi connectivity index (χ4n) is 2.13. The van der Waals surface area contributed by atoms with Crippen LogP contribution in [-0.4, -0.2) is 36.0 Å². The van der Waals surface area contributed by atoms with E-state index in [0.29, 0.717) is 24.4 Å². The number of rotatable bonds is 8. The quantitative estimate of drug-likeness (QED) is 0.803. The first-order valence-corrected chi connectivity index (χ1v) is 7.39. The number of carbonyl (C=O) groups excluding carboxylic acids is 1. The second-order valence-electron chi connectivity index (χ2n) is 5.01. The Morgan fingerprint density at radius 3 is 2.75 bits per heavy atom. The summed E-state index contributed by atoms with van der Waals surface area (Å²) in [6, 6.07) is 9.21. The van der Waals surface area contributed by atoms with Crippen LogP contribution in [0.3, 0.4) is 0 Å². The largest absolute Gasteiger partial charge is 0.444 e. The van der Waals surface area contributed by atoms with Gasteiger partial charge in [0.15, 0.2) is 0 Å². The van der Waals surface area contributed by atoms with E-state index in [1.54, 1.807) is 0 Å². The van der Waals surface area contributed by atoms with Gasteiger partial charge in [-0.05, 0) is 5.56 Å². The number of hydrogen-bond acceptors (Lipinski definition) is 4. The van der Waals surface area contributed by atoms with Crippen molar-refractivity contribution < 1.29 is 23.0 Å². The number of hydrogen-bond donors (Lipinski definition) is 1. The Labute approximate surface area is 138 Å². The third kappa shape index (κ3) is 5.31. The van der Waals surface area contributed by atoms with Gasteiger partial charge in [-0.15, -0.1) is 0 Å². The number of benzene rings is 1. The topological polar surface area (TPSA) is 65.4 Å². The Morgan fingerprint density at radius 1 is 1.33 bits per heavy atom. The summed E-state index contributed by atoms with van der Waals surface area (Å²) in [4.78, 5) is 11.9. The minimum Gasteiger partial charge on any atom is -0.444 e. The smallest absolute Gasteiger partial charge is 0.412 e. The molecule has 0 aliphatic rings. The van der Waals surface area contributed by atoms with Crippen molar-refractivity contribution in [2.75, 3.05) is 19.0 Å². The van der Waals surface area contributed by atoms with Crippen LogP contribution in [0.25, 0.3) is 0 Å². The Morgan fingerprint density at radius 2 is 2.08 bits per heavy atom. The van der Waals surface area contributed by atoms with Crippen LogP contribution in [0, 0.1) is 0 Å². The van der Waals surface area contributed by atoms with E-state index in [1.807, 2.05) is 30.3 Å². The van der Waals surface area contributed by atoms with Gasteiger partial charge in [0.2, 0.25) is 0 Å². The second kappa shape index (κ2) is 8.97. The molecule has 0 saturated heterocycles. The molecule has 0 unspecified atom stereocenters. The summed E-state index contributed by atoms with van der Waals surface area (Å²) < 4.78 is 36.4. The van der Waals surface area contributed by atoms with Gasteiger partial charge in [-0.3, -0.25) is 10.00 Å².